The van der Waals surface area contributed by atoms with Crippen molar-refractivity contribution in [1.29, 1.82) is 5.26 Å². The number of aryl methyl sites for hydroxylation is 1. The van der Waals surface area contributed by atoms with Crippen LogP contribution in [0.2, 0.25) is 0 Å². The predicted molar refractivity (Wildman–Crippen MR) is 90.6 cm³/mol. The first kappa shape index (κ1) is 15.5. The van der Waals surface area contributed by atoms with Gasteiger partial charge in [0.15, 0.2) is 0 Å². The lowest BCUT2D eigenvalue weighted by atomic mass is 10.1. The molecule has 0 amide bonds. The van der Waals surface area contributed by atoms with Crippen LogP contribution in [0.15, 0.2) is 42.5 Å². The number of nitro benzene ring substituents is 1. The van der Waals surface area contributed by atoms with Gasteiger partial charge in [-0.1, -0.05) is 12.1 Å². The Bertz CT molecular complexity index is 971. The molecule has 1 heterocycles. The number of rotatable bonds is 4. The molecule has 7 heteroatoms. The van der Waals surface area contributed by atoms with Crippen LogP contribution < -0.4 is 4.90 Å². The minimum atomic E-state index is -0.504. The highest BCUT2D eigenvalue weighted by molar-refractivity contribution is 5.76. The molecule has 120 valence electrons. The maximum Gasteiger partial charge on any atom is 0.270 e. The zero-order valence-corrected chi connectivity index (χ0v) is 13.3. The van der Waals surface area contributed by atoms with Crippen molar-refractivity contribution >= 4 is 22.4 Å². The summed E-state index contributed by atoms with van der Waals surface area (Å²) in [5, 5.41) is 20.1. The topological polar surface area (TPSA) is 88.0 Å². The van der Waals surface area contributed by atoms with Gasteiger partial charge < -0.3 is 9.47 Å². The van der Waals surface area contributed by atoms with Crippen LogP contribution in [-0.4, -0.2) is 21.5 Å². The Kier molecular flexibility index (Phi) is 3.88. The molecule has 0 aliphatic carbocycles. The second kappa shape index (κ2) is 6.01. The molecule has 0 saturated heterocycles. The van der Waals surface area contributed by atoms with E-state index < -0.39 is 4.92 Å². The number of nitrogens with zero attached hydrogens (tertiary/aromatic N) is 5. The minimum Gasteiger partial charge on any atom is -0.366 e. The Morgan fingerprint density at radius 1 is 1.33 bits per heavy atom. The van der Waals surface area contributed by atoms with Crippen LogP contribution in [-0.2, 0) is 13.6 Å². The van der Waals surface area contributed by atoms with Crippen LogP contribution in [0, 0.1) is 21.4 Å². The molecule has 0 saturated carbocycles. The number of hydrogen-bond donors (Lipinski definition) is 0. The van der Waals surface area contributed by atoms with Crippen molar-refractivity contribution in [3.8, 4) is 6.07 Å². The molecule has 0 unspecified atom stereocenters. The van der Waals surface area contributed by atoms with Crippen molar-refractivity contribution in [2.75, 3.05) is 11.9 Å². The number of anilines is 1. The summed E-state index contributed by atoms with van der Waals surface area (Å²) in [5.74, 6) is 0.848. The Balaban J connectivity index is 1.94. The van der Waals surface area contributed by atoms with Gasteiger partial charge >= 0.3 is 0 Å². The Morgan fingerprint density at radius 3 is 2.75 bits per heavy atom. The minimum absolute atomic E-state index is 0.0913. The molecule has 0 spiro atoms. The average Bonchev–Trinajstić information content (AvgIpc) is 2.90. The number of para-hydroxylation sites is 2. The van der Waals surface area contributed by atoms with Crippen LogP contribution in [0.3, 0.4) is 0 Å². The lowest BCUT2D eigenvalue weighted by molar-refractivity contribution is -0.384. The number of hydrogen-bond acceptors (Lipinski definition) is 5. The van der Waals surface area contributed by atoms with E-state index in [1.165, 1.54) is 12.1 Å². The fraction of sp³-hybridized carbons (Fsp3) is 0.176. The van der Waals surface area contributed by atoms with Crippen LogP contribution in [0.25, 0.3) is 11.0 Å². The lowest BCUT2D eigenvalue weighted by Gasteiger charge is -2.20. The monoisotopic (exact) mass is 321 g/mol. The molecule has 2 aromatic carbocycles. The molecule has 0 atom stereocenters. The van der Waals surface area contributed by atoms with Crippen molar-refractivity contribution < 1.29 is 4.92 Å². The summed E-state index contributed by atoms with van der Waals surface area (Å²) in [6, 6.07) is 14.2. The Hall–Kier alpha value is -3.40. The number of nitriles is 1. The second-order valence-electron chi connectivity index (χ2n) is 5.50. The molecular formula is C17H15N5O2. The van der Waals surface area contributed by atoms with Crippen molar-refractivity contribution in [2.24, 2.45) is 7.05 Å². The highest BCUT2D eigenvalue weighted by atomic mass is 16.6. The van der Waals surface area contributed by atoms with Crippen LogP contribution in [0.1, 0.15) is 11.4 Å². The van der Waals surface area contributed by atoms with Crippen molar-refractivity contribution in [3.05, 3.63) is 64.0 Å². The van der Waals surface area contributed by atoms with E-state index in [0.29, 0.717) is 12.2 Å². The third-order valence-corrected chi connectivity index (χ3v) is 3.98. The SMILES string of the molecule is CN(Cc1nc2ccccc2n1C)c1ccc([N+](=O)[O-])cc1C#N. The summed E-state index contributed by atoms with van der Waals surface area (Å²) in [7, 11) is 3.78. The van der Waals surface area contributed by atoms with E-state index in [9.17, 15) is 15.4 Å². The summed E-state index contributed by atoms with van der Waals surface area (Å²) in [6.07, 6.45) is 0. The van der Waals surface area contributed by atoms with E-state index >= 15 is 0 Å². The molecule has 0 aliphatic heterocycles. The van der Waals surface area contributed by atoms with Gasteiger partial charge in [0.05, 0.1) is 33.8 Å². The average molecular weight is 321 g/mol. The molecule has 0 bridgehead atoms. The van der Waals surface area contributed by atoms with Gasteiger partial charge in [-0.2, -0.15) is 5.26 Å². The molecule has 7 nitrogen and oxygen atoms in total. The molecule has 1 aromatic heterocycles. The first-order valence-corrected chi connectivity index (χ1v) is 7.31. The van der Waals surface area contributed by atoms with Gasteiger partial charge in [-0.25, -0.2) is 4.98 Å². The van der Waals surface area contributed by atoms with Gasteiger partial charge in [0, 0.05) is 26.2 Å². The number of fused-ring (bicyclic) bond motifs is 1. The number of non-ortho nitro benzene ring substituents is 1. The first-order valence-electron chi connectivity index (χ1n) is 7.31. The molecule has 3 aromatic rings. The van der Waals surface area contributed by atoms with Gasteiger partial charge in [-0.3, -0.25) is 10.1 Å². The smallest absolute Gasteiger partial charge is 0.270 e. The van der Waals surface area contributed by atoms with Crippen molar-refractivity contribution in [1.82, 2.24) is 9.55 Å². The van der Waals surface area contributed by atoms with E-state index in [2.05, 4.69) is 4.98 Å². The molecule has 0 fully saturated rings. The summed E-state index contributed by atoms with van der Waals surface area (Å²) >= 11 is 0. The predicted octanol–water partition coefficient (Wildman–Crippen LogP) is 2.99. The number of imidazole rings is 1. The molecule has 0 aliphatic rings. The lowest BCUT2D eigenvalue weighted by Crippen LogP contribution is -2.20. The van der Waals surface area contributed by atoms with Crippen molar-refractivity contribution in [3.63, 3.8) is 0 Å². The Morgan fingerprint density at radius 2 is 2.08 bits per heavy atom. The van der Waals surface area contributed by atoms with Crippen LogP contribution >= 0.6 is 0 Å². The normalized spacial score (nSPS) is 10.5. The summed E-state index contributed by atoms with van der Waals surface area (Å²) in [5.41, 5.74) is 2.75. The zero-order chi connectivity index (χ0) is 17.3. The van der Waals surface area contributed by atoms with Gasteiger partial charge in [0.2, 0.25) is 0 Å². The zero-order valence-electron chi connectivity index (χ0n) is 13.3. The molecule has 0 radical (unpaired) electrons. The van der Waals surface area contributed by atoms with Gasteiger partial charge in [0.25, 0.3) is 5.69 Å². The van der Waals surface area contributed by atoms with Gasteiger partial charge in [-0.05, 0) is 18.2 Å². The molecule has 24 heavy (non-hydrogen) atoms. The fourth-order valence-corrected chi connectivity index (χ4v) is 2.69. The standard InChI is InChI=1S/C17H15N5O2/c1-20(15-8-7-13(22(23)24)9-12(15)10-18)11-17-19-14-5-3-4-6-16(14)21(17)2/h3-9H,11H2,1-2H3. The van der Waals surface area contributed by atoms with Crippen LogP contribution in [0.4, 0.5) is 11.4 Å². The molecular weight excluding hydrogens is 306 g/mol. The van der Waals surface area contributed by atoms with Crippen LogP contribution in [0.5, 0.6) is 0 Å². The van der Waals surface area contributed by atoms with Gasteiger partial charge in [0.1, 0.15) is 11.9 Å². The first-order chi connectivity index (χ1) is 11.5. The van der Waals surface area contributed by atoms with E-state index in [1.54, 1.807) is 6.07 Å². The highest BCUT2D eigenvalue weighted by Crippen LogP contribution is 2.25. The maximum atomic E-state index is 10.9. The van der Waals surface area contributed by atoms with E-state index in [-0.39, 0.29) is 11.3 Å². The third-order valence-electron chi connectivity index (χ3n) is 3.98. The van der Waals surface area contributed by atoms with E-state index in [1.807, 2.05) is 53.9 Å². The quantitative estimate of drug-likeness (QED) is 0.544. The molecule has 3 rings (SSSR count). The fourth-order valence-electron chi connectivity index (χ4n) is 2.69. The summed E-state index contributed by atoms with van der Waals surface area (Å²) < 4.78 is 2.00. The molecule has 0 N–H and O–H groups in total. The number of nitro groups is 1. The maximum absolute atomic E-state index is 10.9. The van der Waals surface area contributed by atoms with Gasteiger partial charge in [-0.15, -0.1) is 0 Å². The van der Waals surface area contributed by atoms with Crippen molar-refractivity contribution in [2.45, 2.75) is 6.54 Å². The summed E-state index contributed by atoms with van der Waals surface area (Å²) in [4.78, 5) is 16.8. The largest absolute Gasteiger partial charge is 0.366 e. The number of benzene rings is 2. The highest BCUT2D eigenvalue weighted by Gasteiger charge is 2.16. The summed E-state index contributed by atoms with van der Waals surface area (Å²) in [6.45, 7) is 0.484. The van der Waals surface area contributed by atoms with E-state index in [0.717, 1.165) is 16.9 Å². The van der Waals surface area contributed by atoms with E-state index in [4.69, 9.17) is 0 Å². The number of aromatic nitrogens is 2. The second-order valence-corrected chi connectivity index (χ2v) is 5.50. The Labute approximate surface area is 138 Å². The third kappa shape index (κ3) is 2.65.